The van der Waals surface area contributed by atoms with Crippen LogP contribution in [-0.2, 0) is 35.1 Å². The standard InChI is InChI=1S/C41H69NO7/c1-5-9-10-11-12-13-19-32-47-39(44)23-15-14-16-24-40(45)49-37-27-25-36(26-28-37)34-41(46)48-33-29-35(20-6-2)21-17-18-22-38(43)42(30-7-3)31-8-4/h25-28,35H,5-24,29-34H2,1-4H3. The van der Waals surface area contributed by atoms with E-state index in [2.05, 4.69) is 27.7 Å². The van der Waals surface area contributed by atoms with Crippen molar-refractivity contribution in [2.75, 3.05) is 26.3 Å². The summed E-state index contributed by atoms with van der Waals surface area (Å²) in [6.07, 6.45) is 19.9. The first-order valence-corrected chi connectivity index (χ1v) is 19.7. The van der Waals surface area contributed by atoms with E-state index in [1.54, 1.807) is 24.3 Å². The lowest BCUT2D eigenvalue weighted by Gasteiger charge is -2.21. The molecular weight excluding hydrogens is 618 g/mol. The molecule has 0 saturated heterocycles. The van der Waals surface area contributed by atoms with Gasteiger partial charge in [-0.15, -0.1) is 0 Å². The van der Waals surface area contributed by atoms with Crippen LogP contribution in [0.2, 0.25) is 0 Å². The smallest absolute Gasteiger partial charge is 0.311 e. The highest BCUT2D eigenvalue weighted by atomic mass is 16.5. The van der Waals surface area contributed by atoms with Crippen molar-refractivity contribution in [3.8, 4) is 5.75 Å². The number of hydrogen-bond acceptors (Lipinski definition) is 7. The first-order valence-electron chi connectivity index (χ1n) is 19.7. The fraction of sp³-hybridized carbons (Fsp3) is 0.756. The van der Waals surface area contributed by atoms with Gasteiger partial charge in [0, 0.05) is 32.4 Å². The number of esters is 3. The van der Waals surface area contributed by atoms with Crippen LogP contribution in [0.3, 0.4) is 0 Å². The van der Waals surface area contributed by atoms with Crippen LogP contribution in [0, 0.1) is 5.92 Å². The molecule has 1 aromatic rings. The summed E-state index contributed by atoms with van der Waals surface area (Å²) in [7, 11) is 0. The molecular formula is C41H69NO7. The van der Waals surface area contributed by atoms with Gasteiger partial charge in [-0.1, -0.05) is 110 Å². The monoisotopic (exact) mass is 688 g/mol. The number of carbonyl (C=O) groups excluding carboxylic acids is 4. The fourth-order valence-corrected chi connectivity index (χ4v) is 6.06. The molecule has 0 radical (unpaired) electrons. The van der Waals surface area contributed by atoms with Crippen molar-refractivity contribution in [3.05, 3.63) is 29.8 Å². The molecule has 0 saturated carbocycles. The average Bonchev–Trinajstić information content (AvgIpc) is 3.08. The normalized spacial score (nSPS) is 11.6. The van der Waals surface area contributed by atoms with E-state index in [1.807, 2.05) is 4.90 Å². The molecule has 8 nitrogen and oxygen atoms in total. The van der Waals surface area contributed by atoms with Gasteiger partial charge < -0.3 is 19.1 Å². The van der Waals surface area contributed by atoms with Crippen molar-refractivity contribution in [1.82, 2.24) is 4.90 Å². The molecule has 49 heavy (non-hydrogen) atoms. The van der Waals surface area contributed by atoms with E-state index in [4.69, 9.17) is 14.2 Å². The summed E-state index contributed by atoms with van der Waals surface area (Å²) in [6, 6.07) is 6.97. The van der Waals surface area contributed by atoms with Crippen molar-refractivity contribution in [1.29, 1.82) is 0 Å². The van der Waals surface area contributed by atoms with Crippen molar-refractivity contribution < 1.29 is 33.4 Å². The van der Waals surface area contributed by atoms with Gasteiger partial charge in [0.25, 0.3) is 0 Å². The van der Waals surface area contributed by atoms with Crippen LogP contribution in [0.25, 0.3) is 0 Å². The highest BCUT2D eigenvalue weighted by Gasteiger charge is 2.14. The zero-order valence-corrected chi connectivity index (χ0v) is 31.6. The molecule has 1 unspecified atom stereocenters. The molecule has 1 amide bonds. The summed E-state index contributed by atoms with van der Waals surface area (Å²) in [5, 5.41) is 0. The van der Waals surface area contributed by atoms with E-state index < -0.39 is 0 Å². The van der Waals surface area contributed by atoms with E-state index in [9.17, 15) is 19.2 Å². The van der Waals surface area contributed by atoms with Crippen molar-refractivity contribution in [2.24, 2.45) is 5.92 Å². The lowest BCUT2D eigenvalue weighted by atomic mass is 9.93. The quantitative estimate of drug-likeness (QED) is 0.0435. The van der Waals surface area contributed by atoms with Crippen LogP contribution in [0.1, 0.15) is 168 Å². The third-order valence-corrected chi connectivity index (χ3v) is 8.86. The topological polar surface area (TPSA) is 99.2 Å². The fourth-order valence-electron chi connectivity index (χ4n) is 6.06. The maximum absolute atomic E-state index is 12.5. The first kappa shape index (κ1) is 44.1. The zero-order valence-electron chi connectivity index (χ0n) is 31.6. The Balaban J connectivity index is 2.20. The molecule has 0 spiro atoms. The van der Waals surface area contributed by atoms with E-state index in [1.165, 1.54) is 32.1 Å². The van der Waals surface area contributed by atoms with Crippen molar-refractivity contribution >= 4 is 23.8 Å². The second-order valence-electron chi connectivity index (χ2n) is 13.5. The van der Waals surface area contributed by atoms with E-state index in [-0.39, 0.29) is 36.7 Å². The molecule has 0 bridgehead atoms. The van der Waals surface area contributed by atoms with Gasteiger partial charge in [-0.3, -0.25) is 19.2 Å². The molecule has 1 rings (SSSR count). The van der Waals surface area contributed by atoms with Crippen LogP contribution in [0.15, 0.2) is 24.3 Å². The molecule has 8 heteroatoms. The molecule has 0 N–H and O–H groups in total. The Morgan fingerprint density at radius 3 is 1.80 bits per heavy atom. The lowest BCUT2D eigenvalue weighted by molar-refractivity contribution is -0.144. The van der Waals surface area contributed by atoms with Gasteiger partial charge in [0.15, 0.2) is 0 Å². The Bertz CT molecular complexity index is 1000. The number of unbranched alkanes of at least 4 members (excludes halogenated alkanes) is 9. The van der Waals surface area contributed by atoms with Gasteiger partial charge in [0.05, 0.1) is 19.6 Å². The van der Waals surface area contributed by atoms with Gasteiger partial charge in [-0.05, 0) is 68.6 Å². The Morgan fingerprint density at radius 1 is 0.551 bits per heavy atom. The molecule has 0 aromatic heterocycles. The largest absolute Gasteiger partial charge is 0.466 e. The van der Waals surface area contributed by atoms with Crippen LogP contribution in [-0.4, -0.2) is 55.0 Å². The number of hydrogen-bond donors (Lipinski definition) is 0. The second kappa shape index (κ2) is 30.0. The Hall–Kier alpha value is -2.90. The minimum atomic E-state index is -0.308. The van der Waals surface area contributed by atoms with E-state index >= 15 is 0 Å². The molecule has 1 aromatic carbocycles. The number of amides is 1. The maximum Gasteiger partial charge on any atom is 0.311 e. The number of benzene rings is 1. The third-order valence-electron chi connectivity index (χ3n) is 8.86. The van der Waals surface area contributed by atoms with Gasteiger partial charge in [-0.25, -0.2) is 0 Å². The summed E-state index contributed by atoms with van der Waals surface area (Å²) in [5.41, 5.74) is 0.804. The third kappa shape index (κ3) is 24.0. The molecule has 1 atom stereocenters. The lowest BCUT2D eigenvalue weighted by Crippen LogP contribution is -2.32. The number of ether oxygens (including phenoxy) is 3. The average molecular weight is 688 g/mol. The number of nitrogens with zero attached hydrogens (tertiary/aromatic N) is 1. The van der Waals surface area contributed by atoms with E-state index in [0.29, 0.717) is 50.6 Å². The molecule has 0 heterocycles. The summed E-state index contributed by atoms with van der Waals surface area (Å²) in [4.78, 5) is 51.2. The van der Waals surface area contributed by atoms with Crippen LogP contribution in [0.5, 0.6) is 5.75 Å². The predicted octanol–water partition coefficient (Wildman–Crippen LogP) is 9.94. The summed E-state index contributed by atoms with van der Waals surface area (Å²) < 4.78 is 16.3. The predicted molar refractivity (Wildman–Crippen MR) is 197 cm³/mol. The SMILES string of the molecule is CCCCCCCCCOC(=O)CCCCCC(=O)Oc1ccc(CC(=O)OCCC(CCC)CCCCC(=O)N(CCC)CCC)cc1. The summed E-state index contributed by atoms with van der Waals surface area (Å²) in [5.74, 6) is 0.479. The van der Waals surface area contributed by atoms with Gasteiger partial charge >= 0.3 is 17.9 Å². The maximum atomic E-state index is 12.5. The van der Waals surface area contributed by atoms with Gasteiger partial charge in [-0.2, -0.15) is 0 Å². The van der Waals surface area contributed by atoms with Crippen LogP contribution < -0.4 is 4.74 Å². The van der Waals surface area contributed by atoms with E-state index in [0.717, 1.165) is 89.3 Å². The highest BCUT2D eigenvalue weighted by molar-refractivity contribution is 5.76. The van der Waals surface area contributed by atoms with Crippen molar-refractivity contribution in [3.63, 3.8) is 0 Å². The van der Waals surface area contributed by atoms with Gasteiger partial charge in [0.2, 0.25) is 5.91 Å². The molecule has 280 valence electrons. The first-order chi connectivity index (χ1) is 23.8. The minimum Gasteiger partial charge on any atom is -0.466 e. The molecule has 0 aliphatic heterocycles. The summed E-state index contributed by atoms with van der Waals surface area (Å²) >= 11 is 0. The second-order valence-corrected chi connectivity index (χ2v) is 13.5. The Labute approximate surface area is 298 Å². The number of rotatable bonds is 31. The Kier molecular flexibility index (Phi) is 27.0. The highest BCUT2D eigenvalue weighted by Crippen LogP contribution is 2.20. The molecule has 0 fully saturated rings. The summed E-state index contributed by atoms with van der Waals surface area (Å²) in [6.45, 7) is 11.2. The number of carbonyl (C=O) groups is 4. The molecule has 0 aliphatic carbocycles. The van der Waals surface area contributed by atoms with Crippen LogP contribution >= 0.6 is 0 Å². The molecule has 0 aliphatic rings. The van der Waals surface area contributed by atoms with Crippen LogP contribution in [0.4, 0.5) is 0 Å². The zero-order chi connectivity index (χ0) is 36.0. The van der Waals surface area contributed by atoms with Crippen molar-refractivity contribution in [2.45, 2.75) is 169 Å². The van der Waals surface area contributed by atoms with Gasteiger partial charge in [0.1, 0.15) is 5.75 Å². The minimum absolute atomic E-state index is 0.157. The Morgan fingerprint density at radius 2 is 1.14 bits per heavy atom.